The zero-order chi connectivity index (χ0) is 16.2. The van der Waals surface area contributed by atoms with Crippen molar-refractivity contribution in [2.75, 3.05) is 26.2 Å². The number of carbonyl (C=O) groups is 1. The van der Waals surface area contributed by atoms with Gasteiger partial charge in [-0.15, -0.1) is 12.4 Å². The molecule has 3 heterocycles. The van der Waals surface area contributed by atoms with Crippen molar-refractivity contribution in [3.8, 4) is 0 Å². The number of hydrogen-bond donors (Lipinski definition) is 2. The normalized spacial score (nSPS) is 24.6. The Bertz CT molecular complexity index is 525. The third kappa shape index (κ3) is 4.85. The van der Waals surface area contributed by atoms with Gasteiger partial charge in [0.25, 0.3) is 0 Å². The number of nitrogens with one attached hydrogen (secondary N) is 2. The van der Waals surface area contributed by atoms with E-state index in [0.29, 0.717) is 5.92 Å². The van der Waals surface area contributed by atoms with E-state index in [4.69, 9.17) is 11.6 Å². The molecule has 0 spiro atoms. The molecule has 24 heavy (non-hydrogen) atoms. The summed E-state index contributed by atoms with van der Waals surface area (Å²) in [5.74, 6) is 0.676. The van der Waals surface area contributed by atoms with Gasteiger partial charge in [0.05, 0.1) is 23.0 Å². The van der Waals surface area contributed by atoms with Crippen LogP contribution in [0.3, 0.4) is 0 Å². The van der Waals surface area contributed by atoms with Crippen molar-refractivity contribution < 1.29 is 4.79 Å². The first kappa shape index (κ1) is 19.5. The second-order valence-corrected chi connectivity index (χ2v) is 7.11. The third-order valence-electron chi connectivity index (χ3n) is 4.93. The second kappa shape index (κ2) is 9.04. The second-order valence-electron chi connectivity index (χ2n) is 6.70. The minimum absolute atomic E-state index is 0. The molecule has 2 atom stereocenters. The van der Waals surface area contributed by atoms with E-state index in [1.807, 2.05) is 11.7 Å². The lowest BCUT2D eigenvalue weighted by Gasteiger charge is -2.33. The van der Waals surface area contributed by atoms with E-state index in [1.54, 1.807) is 6.20 Å². The maximum Gasteiger partial charge on any atom is 0.237 e. The van der Waals surface area contributed by atoms with Crippen molar-refractivity contribution in [1.82, 2.24) is 25.3 Å². The Labute approximate surface area is 154 Å². The van der Waals surface area contributed by atoms with Gasteiger partial charge in [-0.2, -0.15) is 5.10 Å². The molecule has 3 rings (SSSR count). The molecule has 2 unspecified atom stereocenters. The van der Waals surface area contributed by atoms with Gasteiger partial charge in [-0.25, -0.2) is 0 Å². The molecule has 6 nitrogen and oxygen atoms in total. The molecule has 0 bridgehead atoms. The van der Waals surface area contributed by atoms with Gasteiger partial charge >= 0.3 is 0 Å². The van der Waals surface area contributed by atoms with Gasteiger partial charge in [0, 0.05) is 26.7 Å². The molecule has 0 aromatic carbocycles. The topological polar surface area (TPSA) is 62.2 Å². The monoisotopic (exact) mass is 375 g/mol. The molecule has 0 aliphatic carbocycles. The molecular weight excluding hydrogens is 349 g/mol. The lowest BCUT2D eigenvalue weighted by molar-refractivity contribution is -0.123. The summed E-state index contributed by atoms with van der Waals surface area (Å²) in [4.78, 5) is 14.5. The van der Waals surface area contributed by atoms with Crippen LogP contribution >= 0.6 is 24.0 Å². The lowest BCUT2D eigenvalue weighted by Crippen LogP contribution is -2.45. The van der Waals surface area contributed by atoms with Crippen LogP contribution in [0.5, 0.6) is 0 Å². The van der Waals surface area contributed by atoms with Crippen molar-refractivity contribution in [3.05, 3.63) is 16.9 Å². The molecule has 1 aromatic rings. The van der Waals surface area contributed by atoms with Crippen LogP contribution in [0.25, 0.3) is 0 Å². The summed E-state index contributed by atoms with van der Waals surface area (Å²) in [6.07, 6.45) is 6.10. The van der Waals surface area contributed by atoms with Crippen LogP contribution in [0.2, 0.25) is 5.02 Å². The number of halogens is 2. The molecule has 1 amide bonds. The number of piperidine rings is 1. The number of rotatable bonds is 5. The molecule has 2 N–H and O–H groups in total. The van der Waals surface area contributed by atoms with Crippen LogP contribution in [0, 0.1) is 5.92 Å². The maximum atomic E-state index is 12.1. The summed E-state index contributed by atoms with van der Waals surface area (Å²) in [5.41, 5.74) is 1.06. The summed E-state index contributed by atoms with van der Waals surface area (Å²) < 4.78 is 1.85. The Morgan fingerprint density at radius 3 is 2.96 bits per heavy atom. The lowest BCUT2D eigenvalue weighted by atomic mass is 9.97. The highest BCUT2D eigenvalue weighted by molar-refractivity contribution is 6.31. The molecular formula is C16H27Cl2N5O. The Kier molecular flexibility index (Phi) is 7.34. The summed E-state index contributed by atoms with van der Waals surface area (Å²) >= 11 is 6.20. The van der Waals surface area contributed by atoms with Crippen molar-refractivity contribution >= 4 is 29.9 Å². The predicted molar refractivity (Wildman–Crippen MR) is 97.5 cm³/mol. The van der Waals surface area contributed by atoms with E-state index in [-0.39, 0.29) is 24.4 Å². The summed E-state index contributed by atoms with van der Waals surface area (Å²) in [7, 11) is 1.93. The van der Waals surface area contributed by atoms with Crippen molar-refractivity contribution in [1.29, 1.82) is 0 Å². The Balaban J connectivity index is 0.00000208. The first-order valence-electron chi connectivity index (χ1n) is 8.53. The minimum Gasteiger partial charge on any atom is -0.354 e. The Morgan fingerprint density at radius 2 is 2.29 bits per heavy atom. The molecule has 2 aliphatic rings. The van der Waals surface area contributed by atoms with Crippen molar-refractivity contribution in [2.45, 2.75) is 38.3 Å². The molecule has 2 saturated heterocycles. The summed E-state index contributed by atoms with van der Waals surface area (Å²) in [6, 6.07) is 0.0166. The maximum absolute atomic E-state index is 12.1. The molecule has 136 valence electrons. The number of aryl methyl sites for hydroxylation is 1. The average molecular weight is 376 g/mol. The standard InChI is InChI=1S/C16H26ClN5O.ClH/c1-21-15(13(17)9-20-21)11-22-7-3-4-12(10-22)8-19-16(23)14-5-2-6-18-14;/h9,12,14,18H,2-8,10-11H2,1H3,(H,19,23);1H. The Hall–Kier alpha value is -0.820. The van der Waals surface area contributed by atoms with Crippen LogP contribution in [0.4, 0.5) is 0 Å². The molecule has 2 aliphatic heterocycles. The average Bonchev–Trinajstić information content (AvgIpc) is 3.19. The number of amides is 1. The molecule has 0 radical (unpaired) electrons. The van der Waals surface area contributed by atoms with Crippen LogP contribution in [-0.2, 0) is 18.4 Å². The molecule has 1 aromatic heterocycles. The minimum atomic E-state index is 0. The first-order chi connectivity index (χ1) is 11.1. The van der Waals surface area contributed by atoms with Crippen LogP contribution in [-0.4, -0.2) is 52.8 Å². The quantitative estimate of drug-likeness (QED) is 0.819. The molecule has 0 saturated carbocycles. The van der Waals surface area contributed by atoms with Crippen LogP contribution in [0.1, 0.15) is 31.4 Å². The van der Waals surface area contributed by atoms with E-state index in [0.717, 1.165) is 62.7 Å². The van der Waals surface area contributed by atoms with E-state index in [1.165, 1.54) is 6.42 Å². The molecule has 8 heteroatoms. The number of hydrogen-bond acceptors (Lipinski definition) is 4. The van der Waals surface area contributed by atoms with Gasteiger partial charge in [0.2, 0.25) is 5.91 Å². The zero-order valence-corrected chi connectivity index (χ0v) is 15.7. The van der Waals surface area contributed by atoms with Crippen molar-refractivity contribution in [3.63, 3.8) is 0 Å². The zero-order valence-electron chi connectivity index (χ0n) is 14.1. The van der Waals surface area contributed by atoms with E-state index in [2.05, 4.69) is 20.6 Å². The summed E-state index contributed by atoms with van der Waals surface area (Å²) in [6.45, 7) is 4.63. The van der Waals surface area contributed by atoms with E-state index >= 15 is 0 Å². The predicted octanol–water partition coefficient (Wildman–Crippen LogP) is 1.58. The number of carbonyl (C=O) groups excluding carboxylic acids is 1. The SMILES string of the molecule is Cl.Cn1ncc(Cl)c1CN1CCCC(CNC(=O)C2CCCN2)C1. The van der Waals surface area contributed by atoms with Gasteiger partial charge in [-0.1, -0.05) is 11.6 Å². The Morgan fingerprint density at radius 1 is 1.46 bits per heavy atom. The van der Waals surface area contributed by atoms with Gasteiger partial charge in [-0.3, -0.25) is 14.4 Å². The van der Waals surface area contributed by atoms with E-state index in [9.17, 15) is 4.79 Å². The highest BCUT2D eigenvalue weighted by Gasteiger charge is 2.25. The first-order valence-corrected chi connectivity index (χ1v) is 8.91. The van der Waals surface area contributed by atoms with E-state index < -0.39 is 0 Å². The van der Waals surface area contributed by atoms with Gasteiger partial charge in [0.1, 0.15) is 0 Å². The van der Waals surface area contributed by atoms with Crippen LogP contribution in [0.15, 0.2) is 6.20 Å². The largest absolute Gasteiger partial charge is 0.354 e. The number of likely N-dealkylation sites (tertiary alicyclic amines) is 1. The summed E-state index contributed by atoms with van der Waals surface area (Å²) in [5, 5.41) is 11.3. The van der Waals surface area contributed by atoms with Crippen LogP contribution < -0.4 is 10.6 Å². The van der Waals surface area contributed by atoms with Gasteiger partial charge in [-0.05, 0) is 44.7 Å². The van der Waals surface area contributed by atoms with Gasteiger partial charge in [0.15, 0.2) is 0 Å². The fourth-order valence-electron chi connectivity index (χ4n) is 3.56. The van der Waals surface area contributed by atoms with Crippen molar-refractivity contribution in [2.24, 2.45) is 13.0 Å². The fourth-order valence-corrected chi connectivity index (χ4v) is 3.79. The number of nitrogens with zero attached hydrogens (tertiary/aromatic N) is 3. The fraction of sp³-hybridized carbons (Fsp3) is 0.750. The van der Waals surface area contributed by atoms with Gasteiger partial charge < -0.3 is 10.6 Å². The molecule has 2 fully saturated rings. The smallest absolute Gasteiger partial charge is 0.237 e. The highest BCUT2D eigenvalue weighted by Crippen LogP contribution is 2.21. The third-order valence-corrected chi connectivity index (χ3v) is 5.24. The number of aromatic nitrogens is 2. The highest BCUT2D eigenvalue weighted by atomic mass is 35.5.